The summed E-state index contributed by atoms with van der Waals surface area (Å²) < 4.78 is 1.93. The third-order valence-corrected chi connectivity index (χ3v) is 4.73. The van der Waals surface area contributed by atoms with Crippen molar-refractivity contribution in [2.75, 3.05) is 5.73 Å². The topological polar surface area (TPSA) is 69.1 Å². The number of nitrogens with two attached hydrogens (primary N) is 1. The lowest BCUT2D eigenvalue weighted by atomic mass is 9.85. The summed E-state index contributed by atoms with van der Waals surface area (Å²) >= 11 is 1.61. The van der Waals surface area contributed by atoms with E-state index in [1.54, 1.807) is 11.3 Å². The van der Waals surface area contributed by atoms with Crippen molar-refractivity contribution in [2.24, 2.45) is 0 Å². The molecule has 5 nitrogen and oxygen atoms in total. The molecular weight excluding hydrogens is 270 g/mol. The Balaban J connectivity index is 1.65. The minimum atomic E-state index is 0.548. The summed E-state index contributed by atoms with van der Waals surface area (Å²) in [7, 11) is 0. The van der Waals surface area contributed by atoms with Crippen molar-refractivity contribution in [2.45, 2.75) is 31.6 Å². The summed E-state index contributed by atoms with van der Waals surface area (Å²) in [5.41, 5.74) is 7.79. The maximum Gasteiger partial charge on any atom is 0.234 e. The van der Waals surface area contributed by atoms with Gasteiger partial charge in [0, 0.05) is 18.0 Å². The smallest absolute Gasteiger partial charge is 0.234 e. The molecule has 0 amide bonds. The van der Waals surface area contributed by atoms with E-state index in [4.69, 9.17) is 5.73 Å². The first-order valence-electron chi connectivity index (χ1n) is 6.85. The SMILES string of the molecule is Nc1cccc(Cc2nn3c(C4CCC4)nnc3s2)c1. The molecule has 4 rings (SSSR count). The summed E-state index contributed by atoms with van der Waals surface area (Å²) in [6.07, 6.45) is 4.51. The molecule has 0 bridgehead atoms. The second kappa shape index (κ2) is 4.56. The van der Waals surface area contributed by atoms with Crippen LogP contribution in [0.1, 0.15) is 41.6 Å². The molecule has 1 aliphatic carbocycles. The summed E-state index contributed by atoms with van der Waals surface area (Å²) in [5, 5.41) is 14.3. The van der Waals surface area contributed by atoms with Gasteiger partial charge >= 0.3 is 0 Å². The van der Waals surface area contributed by atoms with E-state index in [-0.39, 0.29) is 0 Å². The number of nitrogens with zero attached hydrogens (tertiary/aromatic N) is 4. The number of anilines is 1. The lowest BCUT2D eigenvalue weighted by Gasteiger charge is -2.22. The number of hydrogen-bond acceptors (Lipinski definition) is 5. The van der Waals surface area contributed by atoms with Crippen molar-refractivity contribution in [3.63, 3.8) is 0 Å². The zero-order valence-corrected chi connectivity index (χ0v) is 11.8. The van der Waals surface area contributed by atoms with Crippen LogP contribution < -0.4 is 5.73 Å². The van der Waals surface area contributed by atoms with Gasteiger partial charge in [-0.25, -0.2) is 0 Å². The van der Waals surface area contributed by atoms with Gasteiger partial charge in [-0.3, -0.25) is 0 Å². The molecular formula is C14H15N5S. The molecule has 0 spiro atoms. The predicted octanol–water partition coefficient (Wildman–Crippen LogP) is 2.63. The average Bonchev–Trinajstić information content (AvgIpc) is 2.89. The first-order valence-corrected chi connectivity index (χ1v) is 7.67. The van der Waals surface area contributed by atoms with Gasteiger partial charge < -0.3 is 5.73 Å². The highest BCUT2D eigenvalue weighted by Crippen LogP contribution is 2.35. The monoisotopic (exact) mass is 285 g/mol. The minimum absolute atomic E-state index is 0.548. The molecule has 1 aromatic carbocycles. The van der Waals surface area contributed by atoms with E-state index in [0.717, 1.165) is 27.9 Å². The summed E-state index contributed by atoms with van der Waals surface area (Å²) in [6.45, 7) is 0. The van der Waals surface area contributed by atoms with E-state index in [1.807, 2.05) is 22.7 Å². The van der Waals surface area contributed by atoms with Gasteiger partial charge in [0.1, 0.15) is 5.01 Å². The summed E-state index contributed by atoms with van der Waals surface area (Å²) in [4.78, 5) is 0.894. The van der Waals surface area contributed by atoms with Crippen LogP contribution >= 0.6 is 11.3 Å². The molecule has 1 saturated carbocycles. The van der Waals surface area contributed by atoms with Gasteiger partial charge in [0.2, 0.25) is 4.96 Å². The Labute approximate surface area is 120 Å². The van der Waals surface area contributed by atoms with Crippen LogP contribution in [0.25, 0.3) is 4.96 Å². The van der Waals surface area contributed by atoms with Crippen LogP contribution in [0, 0.1) is 0 Å². The average molecular weight is 285 g/mol. The maximum absolute atomic E-state index is 5.81. The van der Waals surface area contributed by atoms with Gasteiger partial charge in [0.25, 0.3) is 0 Å². The van der Waals surface area contributed by atoms with E-state index in [0.29, 0.717) is 5.92 Å². The fourth-order valence-corrected chi connectivity index (χ4v) is 3.42. The molecule has 0 radical (unpaired) electrons. The number of aromatic nitrogens is 4. The zero-order chi connectivity index (χ0) is 13.5. The number of nitrogen functional groups attached to an aromatic ring is 1. The lowest BCUT2D eigenvalue weighted by Crippen LogP contribution is -2.13. The van der Waals surface area contributed by atoms with Crippen molar-refractivity contribution >= 4 is 22.0 Å². The van der Waals surface area contributed by atoms with E-state index in [2.05, 4.69) is 21.4 Å². The molecule has 102 valence electrons. The van der Waals surface area contributed by atoms with E-state index >= 15 is 0 Å². The van der Waals surface area contributed by atoms with E-state index in [9.17, 15) is 0 Å². The van der Waals surface area contributed by atoms with E-state index < -0.39 is 0 Å². The molecule has 2 heterocycles. The third kappa shape index (κ3) is 1.96. The number of hydrogen-bond donors (Lipinski definition) is 1. The molecule has 6 heteroatoms. The van der Waals surface area contributed by atoms with Crippen molar-refractivity contribution < 1.29 is 0 Å². The molecule has 0 aliphatic heterocycles. The van der Waals surface area contributed by atoms with Crippen molar-refractivity contribution in [1.29, 1.82) is 0 Å². The zero-order valence-electron chi connectivity index (χ0n) is 11.0. The predicted molar refractivity (Wildman–Crippen MR) is 78.9 cm³/mol. The third-order valence-electron chi connectivity index (χ3n) is 3.83. The minimum Gasteiger partial charge on any atom is -0.399 e. The van der Waals surface area contributed by atoms with Crippen molar-refractivity contribution in [3.05, 3.63) is 40.7 Å². The Morgan fingerprint density at radius 1 is 1.30 bits per heavy atom. The molecule has 0 saturated heterocycles. The van der Waals surface area contributed by atoms with Gasteiger partial charge in [-0.05, 0) is 30.5 Å². The molecule has 1 aliphatic rings. The molecule has 0 atom stereocenters. The van der Waals surface area contributed by atoms with Crippen molar-refractivity contribution in [1.82, 2.24) is 19.8 Å². The van der Waals surface area contributed by atoms with Crippen LogP contribution in [0.5, 0.6) is 0 Å². The standard InChI is InChI=1S/C14H15N5S/c15-11-6-1-3-9(7-11)8-12-18-19-13(10-4-2-5-10)16-17-14(19)20-12/h1,3,6-7,10H,2,4-5,8,15H2. The largest absolute Gasteiger partial charge is 0.399 e. The Bertz CT molecular complexity index is 756. The molecule has 2 N–H and O–H groups in total. The van der Waals surface area contributed by atoms with E-state index in [1.165, 1.54) is 24.8 Å². The first-order chi connectivity index (χ1) is 9.79. The van der Waals surface area contributed by atoms with Gasteiger partial charge in [0.05, 0.1) is 0 Å². The number of fused-ring (bicyclic) bond motifs is 1. The van der Waals surface area contributed by atoms with Crippen molar-refractivity contribution in [3.8, 4) is 0 Å². The normalized spacial score (nSPS) is 15.6. The maximum atomic E-state index is 5.81. The highest BCUT2D eigenvalue weighted by molar-refractivity contribution is 7.16. The number of benzene rings is 1. The van der Waals surface area contributed by atoms with Crippen LogP contribution in [-0.4, -0.2) is 19.8 Å². The van der Waals surface area contributed by atoms with Crippen LogP contribution in [-0.2, 0) is 6.42 Å². The van der Waals surface area contributed by atoms with Crippen LogP contribution in [0.15, 0.2) is 24.3 Å². The second-order valence-electron chi connectivity index (χ2n) is 5.30. The van der Waals surface area contributed by atoms with Gasteiger partial charge in [-0.1, -0.05) is 29.9 Å². The first kappa shape index (κ1) is 11.8. The lowest BCUT2D eigenvalue weighted by molar-refractivity contribution is 0.395. The highest BCUT2D eigenvalue weighted by Gasteiger charge is 2.26. The summed E-state index contributed by atoms with van der Waals surface area (Å²) in [5.74, 6) is 1.58. The van der Waals surface area contributed by atoms with Crippen LogP contribution in [0.3, 0.4) is 0 Å². The summed E-state index contributed by atoms with van der Waals surface area (Å²) in [6, 6.07) is 7.95. The molecule has 3 aromatic rings. The quantitative estimate of drug-likeness (QED) is 0.751. The highest BCUT2D eigenvalue weighted by atomic mass is 32.1. The number of rotatable bonds is 3. The molecule has 2 aromatic heterocycles. The molecule has 0 unspecified atom stereocenters. The molecule has 20 heavy (non-hydrogen) atoms. The fourth-order valence-electron chi connectivity index (χ4n) is 2.54. The Morgan fingerprint density at radius 2 is 2.20 bits per heavy atom. The Morgan fingerprint density at radius 3 is 2.95 bits per heavy atom. The Kier molecular flexibility index (Phi) is 2.70. The fraction of sp³-hybridized carbons (Fsp3) is 0.357. The van der Waals surface area contributed by atoms with Crippen LogP contribution in [0.2, 0.25) is 0 Å². The second-order valence-corrected chi connectivity index (χ2v) is 6.34. The van der Waals surface area contributed by atoms with Crippen LogP contribution in [0.4, 0.5) is 5.69 Å². The van der Waals surface area contributed by atoms with Gasteiger partial charge in [0.15, 0.2) is 5.82 Å². The van der Waals surface area contributed by atoms with Gasteiger partial charge in [-0.15, -0.1) is 10.2 Å². The Hall–Kier alpha value is -1.95. The molecule has 1 fully saturated rings. The van der Waals surface area contributed by atoms with Gasteiger partial charge in [-0.2, -0.15) is 9.61 Å².